The highest BCUT2D eigenvalue weighted by Gasteiger charge is 2.06. The predicted molar refractivity (Wildman–Crippen MR) is 66.5 cm³/mol. The highest BCUT2D eigenvalue weighted by Crippen LogP contribution is 1.91. The molecular weight excluding hydrogens is 238 g/mol. The Morgan fingerprint density at radius 2 is 2.17 bits per heavy atom. The molecule has 1 aromatic rings. The predicted octanol–water partition coefficient (Wildman–Crippen LogP) is -0.825. The lowest BCUT2D eigenvalue weighted by Crippen LogP contribution is -2.33. The molecule has 0 aromatic carbocycles. The van der Waals surface area contributed by atoms with E-state index in [1.54, 1.807) is 0 Å². The number of anilines is 1. The van der Waals surface area contributed by atoms with Gasteiger partial charge in [-0.2, -0.15) is 0 Å². The normalized spacial score (nSPS) is 11.9. The number of nitrogens with zero attached hydrogens (tertiary/aromatic N) is 1. The number of aromatic amines is 2. The van der Waals surface area contributed by atoms with Gasteiger partial charge in [0.2, 0.25) is 11.7 Å². The zero-order chi connectivity index (χ0) is 13.5. The van der Waals surface area contributed by atoms with Crippen LogP contribution < -0.4 is 21.9 Å². The summed E-state index contributed by atoms with van der Waals surface area (Å²) < 4.78 is 0. The van der Waals surface area contributed by atoms with Crippen molar-refractivity contribution >= 4 is 11.7 Å². The van der Waals surface area contributed by atoms with Crippen molar-refractivity contribution in [3.8, 4) is 0 Å². The third-order valence-electron chi connectivity index (χ3n) is 2.38. The number of aromatic nitrogens is 3. The number of H-pyrrole nitrogens is 2. The van der Waals surface area contributed by atoms with E-state index in [1.807, 2.05) is 18.8 Å². The van der Waals surface area contributed by atoms with Crippen molar-refractivity contribution in [2.75, 3.05) is 11.9 Å². The van der Waals surface area contributed by atoms with E-state index >= 15 is 0 Å². The fraction of sp³-hybridized carbons (Fsp3) is 0.600. The van der Waals surface area contributed by atoms with Crippen molar-refractivity contribution in [1.82, 2.24) is 20.5 Å². The zero-order valence-corrected chi connectivity index (χ0v) is 10.4. The summed E-state index contributed by atoms with van der Waals surface area (Å²) in [5, 5.41) is 11.1. The molecule has 100 valence electrons. The second-order valence-electron chi connectivity index (χ2n) is 3.91. The van der Waals surface area contributed by atoms with Gasteiger partial charge in [-0.25, -0.2) is 9.89 Å². The molecule has 0 saturated heterocycles. The van der Waals surface area contributed by atoms with Crippen LogP contribution in [0.2, 0.25) is 0 Å². The Hall–Kier alpha value is -2.12. The van der Waals surface area contributed by atoms with Crippen LogP contribution in [0.3, 0.4) is 0 Å². The van der Waals surface area contributed by atoms with Crippen LogP contribution in [0.15, 0.2) is 9.59 Å². The largest absolute Gasteiger partial charge is 0.364 e. The van der Waals surface area contributed by atoms with Gasteiger partial charge in [-0.1, -0.05) is 6.92 Å². The van der Waals surface area contributed by atoms with Gasteiger partial charge in [-0.05, 0) is 13.3 Å². The summed E-state index contributed by atoms with van der Waals surface area (Å²) in [7, 11) is 0. The highest BCUT2D eigenvalue weighted by atomic mass is 16.2. The molecule has 0 bridgehead atoms. The minimum absolute atomic E-state index is 0.00839. The molecule has 4 N–H and O–H groups in total. The monoisotopic (exact) mass is 255 g/mol. The number of rotatable bonds is 6. The standard InChI is InChI=1S/C10H17N5O3/c1-3-6(2)12-7(16)4-5-11-8-9(17)13-10(18)15-14-8/h6H,3-5H2,1-2H3,(H,11,14)(H,12,16)(H2,13,15,17,18). The van der Waals surface area contributed by atoms with Crippen LogP contribution in [-0.2, 0) is 4.79 Å². The zero-order valence-electron chi connectivity index (χ0n) is 10.4. The third kappa shape index (κ3) is 4.40. The molecular formula is C10H17N5O3. The van der Waals surface area contributed by atoms with Gasteiger partial charge in [0, 0.05) is 19.0 Å². The molecule has 1 unspecified atom stereocenters. The summed E-state index contributed by atoms with van der Waals surface area (Å²) in [5.41, 5.74) is -1.28. The summed E-state index contributed by atoms with van der Waals surface area (Å²) in [4.78, 5) is 35.4. The molecule has 0 saturated carbocycles. The van der Waals surface area contributed by atoms with Crippen molar-refractivity contribution in [3.05, 3.63) is 20.8 Å². The van der Waals surface area contributed by atoms with Crippen LogP contribution in [0.4, 0.5) is 5.82 Å². The number of carbonyl (C=O) groups excluding carboxylic acids is 1. The summed E-state index contributed by atoms with van der Waals surface area (Å²) in [6.07, 6.45) is 1.09. The Morgan fingerprint density at radius 1 is 1.44 bits per heavy atom. The van der Waals surface area contributed by atoms with E-state index in [9.17, 15) is 14.4 Å². The smallest absolute Gasteiger partial charge is 0.342 e. The van der Waals surface area contributed by atoms with E-state index < -0.39 is 11.2 Å². The molecule has 0 spiro atoms. The lowest BCUT2D eigenvalue weighted by atomic mass is 10.2. The van der Waals surface area contributed by atoms with Gasteiger partial charge < -0.3 is 10.6 Å². The fourth-order valence-corrected chi connectivity index (χ4v) is 1.21. The average Bonchev–Trinajstić information content (AvgIpc) is 2.31. The summed E-state index contributed by atoms with van der Waals surface area (Å²) in [5.74, 6) is -0.108. The lowest BCUT2D eigenvalue weighted by Gasteiger charge is -2.11. The Labute approximate surface area is 103 Å². The minimum atomic E-state index is -0.667. The molecule has 0 aliphatic carbocycles. The van der Waals surface area contributed by atoms with Crippen molar-refractivity contribution in [2.24, 2.45) is 0 Å². The highest BCUT2D eigenvalue weighted by molar-refractivity contribution is 5.76. The van der Waals surface area contributed by atoms with Gasteiger partial charge in [0.1, 0.15) is 0 Å². The van der Waals surface area contributed by atoms with Crippen LogP contribution in [-0.4, -0.2) is 33.7 Å². The van der Waals surface area contributed by atoms with Crippen molar-refractivity contribution in [1.29, 1.82) is 0 Å². The second kappa shape index (κ2) is 6.58. The molecule has 1 aromatic heterocycles. The lowest BCUT2D eigenvalue weighted by molar-refractivity contribution is -0.121. The van der Waals surface area contributed by atoms with E-state index in [0.29, 0.717) is 0 Å². The first-order chi connectivity index (χ1) is 8.52. The topological polar surface area (TPSA) is 120 Å². The fourth-order valence-electron chi connectivity index (χ4n) is 1.21. The SMILES string of the molecule is CCC(C)NC(=O)CCNc1n[nH]c(=O)[nH]c1=O. The molecule has 0 aliphatic rings. The third-order valence-corrected chi connectivity index (χ3v) is 2.38. The number of hydrogen-bond acceptors (Lipinski definition) is 5. The average molecular weight is 255 g/mol. The first-order valence-electron chi connectivity index (χ1n) is 5.75. The second-order valence-corrected chi connectivity index (χ2v) is 3.91. The molecule has 0 radical (unpaired) electrons. The van der Waals surface area contributed by atoms with Crippen LogP contribution >= 0.6 is 0 Å². The number of nitrogens with one attached hydrogen (secondary N) is 4. The summed E-state index contributed by atoms with van der Waals surface area (Å²) in [6, 6.07) is 0.132. The number of carbonyl (C=O) groups is 1. The van der Waals surface area contributed by atoms with E-state index in [2.05, 4.69) is 20.8 Å². The minimum Gasteiger partial charge on any atom is -0.364 e. The van der Waals surface area contributed by atoms with E-state index in [0.717, 1.165) is 6.42 Å². The van der Waals surface area contributed by atoms with Crippen molar-refractivity contribution in [2.45, 2.75) is 32.7 Å². The van der Waals surface area contributed by atoms with Gasteiger partial charge in [-0.3, -0.25) is 14.6 Å². The Bertz CT molecular complexity index is 507. The summed E-state index contributed by atoms with van der Waals surface area (Å²) >= 11 is 0. The molecule has 0 aliphatic heterocycles. The molecule has 0 fully saturated rings. The Balaban J connectivity index is 2.40. The van der Waals surface area contributed by atoms with Crippen LogP contribution in [0.5, 0.6) is 0 Å². The first kappa shape index (κ1) is 13.9. The van der Waals surface area contributed by atoms with Crippen molar-refractivity contribution in [3.63, 3.8) is 0 Å². The van der Waals surface area contributed by atoms with Gasteiger partial charge in [0.15, 0.2) is 0 Å². The van der Waals surface area contributed by atoms with Gasteiger partial charge >= 0.3 is 5.69 Å². The van der Waals surface area contributed by atoms with E-state index in [1.165, 1.54) is 0 Å². The molecule has 1 rings (SSSR count). The summed E-state index contributed by atoms with van der Waals surface area (Å²) in [6.45, 7) is 4.16. The van der Waals surface area contributed by atoms with Crippen LogP contribution in [0.25, 0.3) is 0 Å². The molecule has 8 heteroatoms. The Morgan fingerprint density at radius 3 is 2.78 bits per heavy atom. The Kier molecular flexibility index (Phi) is 5.09. The molecule has 18 heavy (non-hydrogen) atoms. The van der Waals surface area contributed by atoms with Gasteiger partial charge in [0.25, 0.3) is 5.56 Å². The van der Waals surface area contributed by atoms with Crippen LogP contribution in [0, 0.1) is 0 Å². The first-order valence-corrected chi connectivity index (χ1v) is 5.75. The number of hydrogen-bond donors (Lipinski definition) is 4. The maximum absolute atomic E-state index is 11.4. The molecule has 8 nitrogen and oxygen atoms in total. The van der Waals surface area contributed by atoms with E-state index in [-0.39, 0.29) is 30.7 Å². The van der Waals surface area contributed by atoms with Crippen molar-refractivity contribution < 1.29 is 4.79 Å². The van der Waals surface area contributed by atoms with Crippen LogP contribution in [0.1, 0.15) is 26.7 Å². The number of amides is 1. The molecule has 1 amide bonds. The maximum atomic E-state index is 11.4. The quantitative estimate of drug-likeness (QED) is 0.529. The molecule has 1 atom stereocenters. The maximum Gasteiger partial charge on any atom is 0.342 e. The van der Waals surface area contributed by atoms with Gasteiger partial charge in [-0.15, -0.1) is 5.10 Å². The van der Waals surface area contributed by atoms with Gasteiger partial charge in [0.05, 0.1) is 0 Å². The molecule has 1 heterocycles. The van der Waals surface area contributed by atoms with E-state index in [4.69, 9.17) is 0 Å².